The van der Waals surface area contributed by atoms with Crippen molar-refractivity contribution in [2.45, 2.75) is 13.0 Å². The first-order valence-electron chi connectivity index (χ1n) is 5.37. The minimum atomic E-state index is -3.06. The molecule has 0 aromatic heterocycles. The Morgan fingerprint density at radius 1 is 1.44 bits per heavy atom. The smallest absolute Gasteiger partial charge is 0.235 e. The van der Waals surface area contributed by atoms with Crippen molar-refractivity contribution in [1.82, 2.24) is 5.32 Å². The van der Waals surface area contributed by atoms with Gasteiger partial charge in [-0.1, -0.05) is 12.1 Å². The zero-order valence-electron chi connectivity index (χ0n) is 9.31. The van der Waals surface area contributed by atoms with Gasteiger partial charge in [0.1, 0.15) is 0 Å². The minimum Gasteiger partial charge on any atom is -0.316 e. The Bertz CT molecular complexity index is 471. The largest absolute Gasteiger partial charge is 0.316 e. The van der Waals surface area contributed by atoms with Crippen LogP contribution >= 0.6 is 0 Å². The molecule has 0 bridgehead atoms. The van der Waals surface area contributed by atoms with Crippen molar-refractivity contribution in [3.63, 3.8) is 0 Å². The van der Waals surface area contributed by atoms with E-state index in [9.17, 15) is 8.42 Å². The van der Waals surface area contributed by atoms with E-state index >= 15 is 0 Å². The van der Waals surface area contributed by atoms with Crippen LogP contribution in [0.5, 0.6) is 0 Å². The molecule has 0 radical (unpaired) electrons. The van der Waals surface area contributed by atoms with Crippen molar-refractivity contribution in [1.29, 1.82) is 0 Å². The lowest BCUT2D eigenvalue weighted by atomic mass is 10.2. The fraction of sp³-hybridized carbons (Fsp3) is 0.455. The van der Waals surface area contributed by atoms with Gasteiger partial charge in [0.2, 0.25) is 10.0 Å². The van der Waals surface area contributed by atoms with Crippen LogP contribution in [0.1, 0.15) is 12.0 Å². The number of hydrogen-bond acceptors (Lipinski definition) is 3. The highest BCUT2D eigenvalue weighted by Crippen LogP contribution is 2.24. The number of rotatable bonds is 3. The highest BCUT2D eigenvalue weighted by molar-refractivity contribution is 7.93. The van der Waals surface area contributed by atoms with Crippen LogP contribution in [0.4, 0.5) is 5.69 Å². The first-order valence-corrected chi connectivity index (χ1v) is 6.98. The molecule has 4 nitrogen and oxygen atoms in total. The summed E-state index contributed by atoms with van der Waals surface area (Å²) in [5.74, 6) is 0.267. The Morgan fingerprint density at radius 2 is 2.25 bits per heavy atom. The monoisotopic (exact) mass is 240 g/mol. The molecule has 16 heavy (non-hydrogen) atoms. The number of anilines is 1. The van der Waals surface area contributed by atoms with Crippen molar-refractivity contribution in [3.05, 3.63) is 29.8 Å². The normalized spacial score (nSPS) is 18.9. The maximum Gasteiger partial charge on any atom is 0.235 e. The summed E-state index contributed by atoms with van der Waals surface area (Å²) >= 11 is 0. The van der Waals surface area contributed by atoms with E-state index in [1.165, 1.54) is 4.31 Å². The molecule has 2 rings (SSSR count). The van der Waals surface area contributed by atoms with E-state index < -0.39 is 10.0 Å². The van der Waals surface area contributed by atoms with Gasteiger partial charge in [-0.25, -0.2) is 8.42 Å². The second-order valence-corrected chi connectivity index (χ2v) is 5.95. The number of sulfonamides is 1. The number of nitrogens with one attached hydrogen (secondary N) is 1. The van der Waals surface area contributed by atoms with Crippen molar-refractivity contribution >= 4 is 15.7 Å². The average Bonchev–Trinajstić information content (AvgIpc) is 2.59. The van der Waals surface area contributed by atoms with Crippen LogP contribution in [-0.4, -0.2) is 27.8 Å². The molecule has 1 aliphatic rings. The molecule has 1 aromatic rings. The van der Waals surface area contributed by atoms with Gasteiger partial charge in [0.15, 0.2) is 0 Å². The van der Waals surface area contributed by atoms with Crippen molar-refractivity contribution in [2.24, 2.45) is 0 Å². The van der Waals surface area contributed by atoms with Crippen molar-refractivity contribution in [2.75, 3.05) is 23.7 Å². The Balaban J connectivity index is 2.30. The number of benzene rings is 1. The van der Waals surface area contributed by atoms with E-state index in [4.69, 9.17) is 0 Å². The van der Waals surface area contributed by atoms with E-state index in [2.05, 4.69) is 5.32 Å². The minimum absolute atomic E-state index is 0.267. The molecule has 0 amide bonds. The van der Waals surface area contributed by atoms with Gasteiger partial charge in [0, 0.05) is 13.1 Å². The van der Waals surface area contributed by atoms with Gasteiger partial charge in [0.05, 0.1) is 11.4 Å². The molecule has 1 saturated heterocycles. The summed E-state index contributed by atoms with van der Waals surface area (Å²) < 4.78 is 25.0. The lowest BCUT2D eigenvalue weighted by molar-refractivity contribution is 0.599. The third-order valence-electron chi connectivity index (χ3n) is 2.68. The van der Waals surface area contributed by atoms with Gasteiger partial charge in [-0.05, 0) is 31.2 Å². The first kappa shape index (κ1) is 11.4. The van der Waals surface area contributed by atoms with Crippen LogP contribution in [-0.2, 0) is 16.6 Å². The standard InChI is InChI=1S/C11H16N2O2S/c1-12-9-10-4-2-5-11(8-10)13-6-3-7-16(13,14)15/h2,4-5,8,12H,3,6-7,9H2,1H3. The summed E-state index contributed by atoms with van der Waals surface area (Å²) in [6.07, 6.45) is 0.721. The van der Waals surface area contributed by atoms with E-state index in [-0.39, 0.29) is 5.75 Å². The Kier molecular flexibility index (Phi) is 3.16. The fourth-order valence-electron chi connectivity index (χ4n) is 1.96. The fourth-order valence-corrected chi connectivity index (χ4v) is 3.51. The lowest BCUT2D eigenvalue weighted by Gasteiger charge is -2.17. The molecule has 88 valence electrons. The molecule has 1 fully saturated rings. The van der Waals surface area contributed by atoms with Gasteiger partial charge in [-0.15, -0.1) is 0 Å². The third kappa shape index (κ3) is 2.20. The van der Waals surface area contributed by atoms with E-state index in [0.717, 1.165) is 24.2 Å². The van der Waals surface area contributed by atoms with Gasteiger partial charge < -0.3 is 5.32 Å². The summed E-state index contributed by atoms with van der Waals surface area (Å²) in [6, 6.07) is 7.67. The molecule has 0 atom stereocenters. The first-order chi connectivity index (χ1) is 7.63. The van der Waals surface area contributed by atoms with Gasteiger partial charge >= 0.3 is 0 Å². The molecule has 1 aliphatic heterocycles. The van der Waals surface area contributed by atoms with Crippen LogP contribution in [0.25, 0.3) is 0 Å². The summed E-state index contributed by atoms with van der Waals surface area (Å²) in [7, 11) is -1.18. The molecule has 0 spiro atoms. The lowest BCUT2D eigenvalue weighted by Crippen LogP contribution is -2.25. The van der Waals surface area contributed by atoms with Crippen LogP contribution in [0, 0.1) is 0 Å². The number of hydrogen-bond donors (Lipinski definition) is 1. The summed E-state index contributed by atoms with van der Waals surface area (Å²) in [4.78, 5) is 0. The molecular weight excluding hydrogens is 224 g/mol. The quantitative estimate of drug-likeness (QED) is 0.855. The maximum atomic E-state index is 11.7. The van der Waals surface area contributed by atoms with Gasteiger partial charge in [0.25, 0.3) is 0 Å². The van der Waals surface area contributed by atoms with E-state index in [0.29, 0.717) is 6.54 Å². The molecule has 1 heterocycles. The number of nitrogens with zero attached hydrogens (tertiary/aromatic N) is 1. The highest BCUT2D eigenvalue weighted by Gasteiger charge is 2.28. The predicted octanol–water partition coefficient (Wildman–Crippen LogP) is 0.946. The SMILES string of the molecule is CNCc1cccc(N2CCCS2(=O)=O)c1. The van der Waals surface area contributed by atoms with E-state index in [1.807, 2.05) is 31.3 Å². The molecule has 0 aliphatic carbocycles. The maximum absolute atomic E-state index is 11.7. The molecular formula is C11H16N2O2S. The predicted molar refractivity (Wildman–Crippen MR) is 65.0 cm³/mol. The third-order valence-corrected chi connectivity index (χ3v) is 4.55. The summed E-state index contributed by atoms with van der Waals surface area (Å²) in [5, 5.41) is 3.05. The Hall–Kier alpha value is -1.07. The Labute approximate surface area is 96.3 Å². The molecule has 5 heteroatoms. The average molecular weight is 240 g/mol. The molecule has 0 saturated carbocycles. The van der Waals surface area contributed by atoms with E-state index in [1.54, 1.807) is 0 Å². The van der Waals surface area contributed by atoms with Gasteiger partial charge in [-0.3, -0.25) is 4.31 Å². The molecule has 1 N–H and O–H groups in total. The second kappa shape index (κ2) is 4.43. The summed E-state index contributed by atoms with van der Waals surface area (Å²) in [6.45, 7) is 1.35. The van der Waals surface area contributed by atoms with Crippen LogP contribution in [0.15, 0.2) is 24.3 Å². The highest BCUT2D eigenvalue weighted by atomic mass is 32.2. The zero-order valence-corrected chi connectivity index (χ0v) is 10.1. The zero-order chi connectivity index (χ0) is 11.6. The van der Waals surface area contributed by atoms with Crippen LogP contribution < -0.4 is 9.62 Å². The van der Waals surface area contributed by atoms with Gasteiger partial charge in [-0.2, -0.15) is 0 Å². The molecule has 0 unspecified atom stereocenters. The second-order valence-electron chi connectivity index (χ2n) is 3.94. The Morgan fingerprint density at radius 3 is 2.88 bits per heavy atom. The molecule has 1 aromatic carbocycles. The topological polar surface area (TPSA) is 49.4 Å². The van der Waals surface area contributed by atoms with Crippen LogP contribution in [0.2, 0.25) is 0 Å². The van der Waals surface area contributed by atoms with Crippen LogP contribution in [0.3, 0.4) is 0 Å². The van der Waals surface area contributed by atoms with Crippen molar-refractivity contribution < 1.29 is 8.42 Å². The van der Waals surface area contributed by atoms with Crippen molar-refractivity contribution in [3.8, 4) is 0 Å². The summed E-state index contributed by atoms with van der Waals surface area (Å²) in [5.41, 5.74) is 1.88.